The molecule has 2 N–H and O–H groups in total. The zero-order valence-electron chi connectivity index (χ0n) is 13.9. The van der Waals surface area contributed by atoms with Crippen molar-refractivity contribution in [1.29, 1.82) is 0 Å². The Kier molecular flexibility index (Phi) is 6.78. The lowest BCUT2D eigenvalue weighted by molar-refractivity contribution is -0.137. The van der Waals surface area contributed by atoms with Gasteiger partial charge in [0.25, 0.3) is 0 Å². The summed E-state index contributed by atoms with van der Waals surface area (Å²) >= 11 is 7.70. The highest BCUT2D eigenvalue weighted by Gasteiger charge is 2.13. The quantitative estimate of drug-likeness (QED) is 0.731. The summed E-state index contributed by atoms with van der Waals surface area (Å²) in [5, 5.41) is 13.8. The van der Waals surface area contributed by atoms with Gasteiger partial charge in [-0.2, -0.15) is 0 Å². The molecule has 8 heteroatoms. The predicted molar refractivity (Wildman–Crippen MR) is 97.2 cm³/mol. The van der Waals surface area contributed by atoms with Crippen LogP contribution in [0.3, 0.4) is 0 Å². The Morgan fingerprint density at radius 2 is 2.16 bits per heavy atom. The number of carbonyl (C=O) groups is 2. The normalized spacial score (nSPS) is 10.7. The van der Waals surface area contributed by atoms with Crippen LogP contribution in [0.25, 0.3) is 10.6 Å². The van der Waals surface area contributed by atoms with Crippen LogP contribution in [0.15, 0.2) is 23.6 Å². The lowest BCUT2D eigenvalue weighted by Crippen LogP contribution is -2.30. The summed E-state index contributed by atoms with van der Waals surface area (Å²) in [6, 6.07) is 5.43. The molecule has 1 heterocycles. The first kappa shape index (κ1) is 19.2. The van der Waals surface area contributed by atoms with Crippen LogP contribution in [0, 0.1) is 5.92 Å². The summed E-state index contributed by atoms with van der Waals surface area (Å²) in [6.45, 7) is 4.35. The summed E-state index contributed by atoms with van der Waals surface area (Å²) in [6.07, 6.45) is 0.0248. The summed E-state index contributed by atoms with van der Waals surface area (Å²) in [4.78, 5) is 26.5. The highest BCUT2D eigenvalue weighted by atomic mass is 35.5. The van der Waals surface area contributed by atoms with Crippen LogP contribution in [-0.4, -0.2) is 35.1 Å². The van der Waals surface area contributed by atoms with E-state index in [9.17, 15) is 9.59 Å². The molecule has 6 nitrogen and oxygen atoms in total. The number of thiazole rings is 1. The van der Waals surface area contributed by atoms with Crippen molar-refractivity contribution in [2.24, 2.45) is 5.92 Å². The highest BCUT2D eigenvalue weighted by molar-refractivity contribution is 7.13. The molecular weight excluding hydrogens is 364 g/mol. The van der Waals surface area contributed by atoms with Crippen molar-refractivity contribution in [2.75, 3.05) is 13.2 Å². The van der Waals surface area contributed by atoms with Crippen LogP contribution in [0.2, 0.25) is 5.02 Å². The number of nitrogens with zero attached hydrogens (tertiary/aromatic N) is 1. The molecule has 0 aliphatic carbocycles. The van der Waals surface area contributed by atoms with Crippen LogP contribution in [0.4, 0.5) is 0 Å². The Balaban J connectivity index is 2.03. The Morgan fingerprint density at radius 3 is 2.80 bits per heavy atom. The lowest BCUT2D eigenvalue weighted by Gasteiger charge is -2.10. The van der Waals surface area contributed by atoms with E-state index in [0.717, 1.165) is 5.56 Å². The molecule has 1 amide bonds. The minimum absolute atomic E-state index is 0.0248. The van der Waals surface area contributed by atoms with E-state index in [1.807, 2.05) is 12.1 Å². The van der Waals surface area contributed by atoms with E-state index in [1.54, 1.807) is 11.4 Å². The molecule has 0 aliphatic rings. The van der Waals surface area contributed by atoms with Gasteiger partial charge in [-0.25, -0.2) is 4.98 Å². The van der Waals surface area contributed by atoms with Crippen LogP contribution >= 0.6 is 22.9 Å². The fraction of sp³-hybridized carbons (Fsp3) is 0.353. The van der Waals surface area contributed by atoms with Crippen molar-refractivity contribution in [3.05, 3.63) is 34.3 Å². The van der Waals surface area contributed by atoms with E-state index >= 15 is 0 Å². The van der Waals surface area contributed by atoms with Gasteiger partial charge in [0.05, 0.1) is 23.7 Å². The number of hydrogen-bond acceptors (Lipinski definition) is 5. The summed E-state index contributed by atoms with van der Waals surface area (Å²) in [5.41, 5.74) is 1.33. The molecule has 0 atom stereocenters. The summed E-state index contributed by atoms with van der Waals surface area (Å²) in [7, 11) is 0. The number of rotatable bonds is 8. The van der Waals surface area contributed by atoms with E-state index < -0.39 is 12.5 Å². The molecule has 0 saturated heterocycles. The Morgan fingerprint density at radius 1 is 1.40 bits per heavy atom. The summed E-state index contributed by atoms with van der Waals surface area (Å²) in [5.74, 6) is -0.346. The van der Waals surface area contributed by atoms with Gasteiger partial charge in [0.15, 0.2) is 0 Å². The van der Waals surface area contributed by atoms with Crippen molar-refractivity contribution >= 4 is 34.8 Å². The smallest absolute Gasteiger partial charge is 0.322 e. The average molecular weight is 383 g/mol. The molecule has 0 unspecified atom stereocenters. The van der Waals surface area contributed by atoms with Gasteiger partial charge in [0.2, 0.25) is 5.91 Å². The number of hydrogen-bond donors (Lipinski definition) is 2. The molecule has 2 aromatic rings. The van der Waals surface area contributed by atoms with Gasteiger partial charge in [-0.3, -0.25) is 9.59 Å². The van der Waals surface area contributed by atoms with E-state index in [4.69, 9.17) is 21.4 Å². The first-order chi connectivity index (χ1) is 11.8. The molecule has 134 valence electrons. The maximum absolute atomic E-state index is 11.6. The second-order valence-corrected chi connectivity index (χ2v) is 7.10. The number of benzene rings is 1. The van der Waals surface area contributed by atoms with Gasteiger partial charge >= 0.3 is 5.97 Å². The number of aromatic nitrogens is 1. The zero-order valence-corrected chi connectivity index (χ0v) is 15.5. The molecule has 0 saturated carbocycles. The number of ether oxygens (including phenoxy) is 1. The van der Waals surface area contributed by atoms with Gasteiger partial charge in [0.1, 0.15) is 17.3 Å². The SMILES string of the molecule is CC(C)COc1ccc(-c2nc(CC(=O)NCC(=O)O)cs2)c(Cl)c1. The molecule has 2 rings (SSSR count). The number of aliphatic carboxylic acids is 1. The first-order valence-corrected chi connectivity index (χ1v) is 8.96. The van der Waals surface area contributed by atoms with Gasteiger partial charge in [0, 0.05) is 10.9 Å². The molecule has 0 spiro atoms. The Labute approximate surface area is 154 Å². The van der Waals surface area contributed by atoms with Gasteiger partial charge in [-0.1, -0.05) is 25.4 Å². The number of carboxylic acids is 1. The minimum atomic E-state index is -1.08. The second-order valence-electron chi connectivity index (χ2n) is 5.84. The molecule has 0 aliphatic heterocycles. The average Bonchev–Trinajstić information content (AvgIpc) is 2.99. The third-order valence-corrected chi connectivity index (χ3v) is 4.32. The van der Waals surface area contributed by atoms with Crippen molar-refractivity contribution in [1.82, 2.24) is 10.3 Å². The third kappa shape index (κ3) is 6.03. The molecule has 25 heavy (non-hydrogen) atoms. The maximum Gasteiger partial charge on any atom is 0.322 e. The molecule has 0 bridgehead atoms. The molecule has 0 fully saturated rings. The number of amides is 1. The van der Waals surface area contributed by atoms with Gasteiger partial charge < -0.3 is 15.2 Å². The molecule has 0 radical (unpaired) electrons. The first-order valence-electron chi connectivity index (χ1n) is 7.70. The number of carbonyl (C=O) groups excluding carboxylic acids is 1. The molecule has 1 aromatic carbocycles. The molecular formula is C17H19ClN2O4S. The minimum Gasteiger partial charge on any atom is -0.493 e. The van der Waals surface area contributed by atoms with E-state index in [1.165, 1.54) is 11.3 Å². The second kappa shape index (κ2) is 8.82. The van der Waals surface area contributed by atoms with Crippen molar-refractivity contribution < 1.29 is 19.4 Å². The Bertz CT molecular complexity index is 761. The highest BCUT2D eigenvalue weighted by Crippen LogP contribution is 2.33. The van der Waals surface area contributed by atoms with Gasteiger partial charge in [-0.05, 0) is 24.1 Å². The van der Waals surface area contributed by atoms with E-state index in [0.29, 0.717) is 34.0 Å². The van der Waals surface area contributed by atoms with Gasteiger partial charge in [-0.15, -0.1) is 11.3 Å². The lowest BCUT2D eigenvalue weighted by atomic mass is 10.2. The van der Waals surface area contributed by atoms with Crippen LogP contribution < -0.4 is 10.1 Å². The molecule has 1 aromatic heterocycles. The van der Waals surface area contributed by atoms with Crippen molar-refractivity contribution in [3.63, 3.8) is 0 Å². The van der Waals surface area contributed by atoms with Crippen LogP contribution in [-0.2, 0) is 16.0 Å². The van der Waals surface area contributed by atoms with Crippen LogP contribution in [0.5, 0.6) is 5.75 Å². The Hall–Kier alpha value is -2.12. The van der Waals surface area contributed by atoms with Crippen molar-refractivity contribution in [3.8, 4) is 16.3 Å². The third-order valence-electron chi connectivity index (χ3n) is 3.08. The number of halogens is 1. The van der Waals surface area contributed by atoms with E-state index in [-0.39, 0.29) is 12.3 Å². The monoisotopic (exact) mass is 382 g/mol. The standard InChI is InChI=1S/C17H19ClN2O4S/c1-10(2)8-24-12-3-4-13(14(18)6-12)17-20-11(9-25-17)5-15(21)19-7-16(22)23/h3-4,6,9-10H,5,7-8H2,1-2H3,(H,19,21)(H,22,23). The topological polar surface area (TPSA) is 88.5 Å². The predicted octanol–water partition coefficient (Wildman–Crippen LogP) is 3.24. The fourth-order valence-corrected chi connectivity index (χ4v) is 3.11. The number of nitrogens with one attached hydrogen (secondary N) is 1. The van der Waals surface area contributed by atoms with E-state index in [2.05, 4.69) is 24.1 Å². The van der Waals surface area contributed by atoms with Crippen molar-refractivity contribution in [2.45, 2.75) is 20.3 Å². The fourth-order valence-electron chi connectivity index (χ4n) is 1.94. The zero-order chi connectivity index (χ0) is 18.4. The van der Waals surface area contributed by atoms with Crippen LogP contribution in [0.1, 0.15) is 19.5 Å². The largest absolute Gasteiger partial charge is 0.493 e. The maximum atomic E-state index is 11.6. The number of carboxylic acid groups (broad SMARTS) is 1. The summed E-state index contributed by atoms with van der Waals surface area (Å²) < 4.78 is 5.64.